The first-order valence-electron chi connectivity index (χ1n) is 8.13. The molecule has 2 aromatic heterocycles. The van der Waals surface area contributed by atoms with E-state index in [-0.39, 0.29) is 5.65 Å². The molecule has 31 heavy (non-hydrogen) atoms. The van der Waals surface area contributed by atoms with Gasteiger partial charge in [-0.25, -0.2) is 28.6 Å². The third kappa shape index (κ3) is 5.80. The Kier molecular flexibility index (Phi) is 6.83. The van der Waals surface area contributed by atoms with E-state index in [0.29, 0.717) is 11.2 Å². The Morgan fingerprint density at radius 1 is 1.03 bits per heavy atom. The van der Waals surface area contributed by atoms with E-state index in [1.807, 2.05) is 0 Å². The Bertz CT molecular complexity index is 1100. The molecule has 3 heterocycles. The summed E-state index contributed by atoms with van der Waals surface area (Å²) in [6.45, 7) is 0.743. The average Bonchev–Trinajstić information content (AvgIpc) is 3.13. The van der Waals surface area contributed by atoms with Gasteiger partial charge in [0.1, 0.15) is 30.2 Å². The number of rotatable bonds is 8. The number of hydrogen-bond donors (Lipinski definition) is 6. The van der Waals surface area contributed by atoms with Gasteiger partial charge in [-0.05, 0) is 6.92 Å². The molecular formula is C11H17N4O13P3. The zero-order valence-electron chi connectivity index (χ0n) is 15.3. The number of ether oxygens (including phenoxy) is 1. The number of phosphoric ester groups is 1. The van der Waals surface area contributed by atoms with E-state index in [4.69, 9.17) is 19.4 Å². The van der Waals surface area contributed by atoms with Crippen molar-refractivity contribution in [1.29, 1.82) is 0 Å². The molecule has 3 unspecified atom stereocenters. The van der Waals surface area contributed by atoms with Crippen LogP contribution in [-0.2, 0) is 31.6 Å². The number of hydrogen-bond acceptors (Lipinski definition) is 12. The Hall–Kier alpha value is -1.16. The van der Waals surface area contributed by atoms with E-state index in [2.05, 4.69) is 28.1 Å². The monoisotopic (exact) mass is 506 g/mol. The van der Waals surface area contributed by atoms with Crippen molar-refractivity contribution in [3.8, 4) is 0 Å². The predicted molar refractivity (Wildman–Crippen MR) is 95.8 cm³/mol. The summed E-state index contributed by atoms with van der Waals surface area (Å²) in [5.74, 6) is 0. The number of fused-ring (bicyclic) bond motifs is 1. The second kappa shape index (κ2) is 8.65. The summed E-state index contributed by atoms with van der Waals surface area (Å²) in [4.78, 5) is 47.7. The molecule has 0 aliphatic carbocycles. The molecule has 3 rings (SSSR count). The highest BCUT2D eigenvalue weighted by Crippen LogP contribution is 2.66. The van der Waals surface area contributed by atoms with Gasteiger partial charge in [0.15, 0.2) is 11.9 Å². The van der Waals surface area contributed by atoms with Crippen molar-refractivity contribution in [1.82, 2.24) is 19.5 Å². The summed E-state index contributed by atoms with van der Waals surface area (Å²) in [6, 6.07) is 0. The number of nitrogens with zero attached hydrogens (tertiary/aromatic N) is 4. The fraction of sp³-hybridized carbons (Fsp3) is 0.545. The van der Waals surface area contributed by atoms with Crippen LogP contribution in [0.15, 0.2) is 12.7 Å². The fourth-order valence-corrected chi connectivity index (χ4v) is 5.75. The van der Waals surface area contributed by atoms with Crippen LogP contribution in [0.4, 0.5) is 0 Å². The molecular weight excluding hydrogens is 489 g/mol. The number of imidazole rings is 1. The Balaban J connectivity index is 1.69. The lowest BCUT2D eigenvalue weighted by molar-refractivity contribution is -0.0503. The van der Waals surface area contributed by atoms with Crippen molar-refractivity contribution in [2.45, 2.75) is 31.5 Å². The summed E-state index contributed by atoms with van der Waals surface area (Å²) in [7, 11) is -16.6. The fourth-order valence-electron chi connectivity index (χ4n) is 2.72. The number of aromatic nitrogens is 4. The van der Waals surface area contributed by atoms with Crippen molar-refractivity contribution < 1.29 is 61.4 Å². The smallest absolute Gasteiger partial charge is 0.387 e. The largest absolute Gasteiger partial charge is 0.490 e. The van der Waals surface area contributed by atoms with Crippen LogP contribution in [0.5, 0.6) is 0 Å². The lowest BCUT2D eigenvalue weighted by Crippen LogP contribution is -2.33. The average molecular weight is 506 g/mol. The van der Waals surface area contributed by atoms with E-state index in [1.165, 1.54) is 17.2 Å². The molecule has 6 atom stereocenters. The van der Waals surface area contributed by atoms with E-state index >= 15 is 0 Å². The van der Waals surface area contributed by atoms with Gasteiger partial charge in [-0.15, -0.1) is 0 Å². The van der Waals surface area contributed by atoms with Crippen molar-refractivity contribution in [2.75, 3.05) is 6.61 Å². The first-order chi connectivity index (χ1) is 14.2. The maximum Gasteiger partial charge on any atom is 0.490 e. The third-order valence-electron chi connectivity index (χ3n) is 3.97. The van der Waals surface area contributed by atoms with Gasteiger partial charge in [-0.3, -0.25) is 9.09 Å². The molecule has 0 amide bonds. The molecule has 20 heteroatoms. The van der Waals surface area contributed by atoms with Gasteiger partial charge in [-0.2, -0.15) is 8.62 Å². The van der Waals surface area contributed by atoms with Gasteiger partial charge in [-0.1, -0.05) is 0 Å². The van der Waals surface area contributed by atoms with E-state index in [9.17, 15) is 28.8 Å². The minimum absolute atomic E-state index is 0.275. The van der Waals surface area contributed by atoms with Gasteiger partial charge >= 0.3 is 23.5 Å². The molecule has 17 nitrogen and oxygen atoms in total. The second-order valence-corrected chi connectivity index (χ2v) is 10.6. The number of aliphatic hydroxyl groups excluding tert-OH is 2. The molecule has 0 aromatic carbocycles. The summed E-state index contributed by atoms with van der Waals surface area (Å²) in [5, 5.41) is 20.5. The molecule has 0 radical (unpaired) electrons. The minimum Gasteiger partial charge on any atom is -0.387 e. The Labute approximate surface area is 172 Å². The second-order valence-electron chi connectivity index (χ2n) is 6.22. The van der Waals surface area contributed by atoms with E-state index in [0.717, 1.165) is 0 Å². The van der Waals surface area contributed by atoms with Crippen molar-refractivity contribution in [3.05, 3.63) is 18.3 Å². The number of phosphoric acid groups is 3. The van der Waals surface area contributed by atoms with Gasteiger partial charge < -0.3 is 34.5 Å². The van der Waals surface area contributed by atoms with Crippen LogP contribution in [0.25, 0.3) is 11.2 Å². The maximum atomic E-state index is 11.8. The maximum absolute atomic E-state index is 11.8. The molecule has 0 bridgehead atoms. The topological polar surface area (TPSA) is 253 Å². The van der Waals surface area contributed by atoms with E-state index in [1.54, 1.807) is 6.92 Å². The molecule has 1 saturated heterocycles. The SMILES string of the molecule is Cc1ncnc2c1ncn2[C@@H]1O[C@H](COP(=O)(O)OP(=O)(O)OP(=O)(O)O)C(O)[C@@H]1O. The molecule has 6 N–H and O–H groups in total. The summed E-state index contributed by atoms with van der Waals surface area (Å²) >= 11 is 0. The molecule has 1 aliphatic heterocycles. The van der Waals surface area contributed by atoms with Gasteiger partial charge in [0.05, 0.1) is 18.6 Å². The van der Waals surface area contributed by atoms with Crippen molar-refractivity contribution >= 4 is 34.6 Å². The van der Waals surface area contributed by atoms with Gasteiger partial charge in [0.25, 0.3) is 0 Å². The summed E-state index contributed by atoms with van der Waals surface area (Å²) in [6.07, 6.45) is -3.33. The zero-order valence-corrected chi connectivity index (χ0v) is 18.0. The molecule has 174 valence electrons. The minimum atomic E-state index is -5.69. The van der Waals surface area contributed by atoms with Crippen LogP contribution in [0, 0.1) is 6.92 Å². The van der Waals surface area contributed by atoms with Crippen LogP contribution in [0.1, 0.15) is 11.9 Å². The molecule has 0 saturated carbocycles. The highest BCUT2D eigenvalue weighted by molar-refractivity contribution is 7.66. The number of aryl methyl sites for hydroxylation is 1. The highest BCUT2D eigenvalue weighted by atomic mass is 31.3. The molecule has 1 fully saturated rings. The van der Waals surface area contributed by atoms with Crippen molar-refractivity contribution in [2.24, 2.45) is 0 Å². The molecule has 2 aromatic rings. The summed E-state index contributed by atoms with van der Waals surface area (Å²) in [5.41, 5.74) is 1.22. The quantitative estimate of drug-likeness (QED) is 0.237. The first kappa shape index (κ1) is 24.5. The normalized spacial score (nSPS) is 28.5. The summed E-state index contributed by atoms with van der Waals surface area (Å²) < 4.78 is 52.1. The Morgan fingerprint density at radius 3 is 2.35 bits per heavy atom. The van der Waals surface area contributed by atoms with Crippen LogP contribution in [0.2, 0.25) is 0 Å². The van der Waals surface area contributed by atoms with Crippen molar-refractivity contribution in [3.63, 3.8) is 0 Å². The van der Waals surface area contributed by atoms with Crippen LogP contribution in [0.3, 0.4) is 0 Å². The van der Waals surface area contributed by atoms with Gasteiger partial charge in [0.2, 0.25) is 0 Å². The highest BCUT2D eigenvalue weighted by Gasteiger charge is 2.46. The molecule has 1 aliphatic rings. The zero-order chi connectivity index (χ0) is 23.2. The van der Waals surface area contributed by atoms with Crippen LogP contribution in [-0.4, -0.2) is 74.2 Å². The first-order valence-corrected chi connectivity index (χ1v) is 12.7. The van der Waals surface area contributed by atoms with Crippen LogP contribution < -0.4 is 0 Å². The standard InChI is InChI=1S/C11H17N4O13P3/c1-5-7-10(13-3-12-5)15(4-14-7)11-9(17)8(16)6(26-11)2-25-30(21,22)28-31(23,24)27-29(18,19)20/h3-4,6,8-9,11,16-17H,2H2,1H3,(H,21,22)(H,23,24)(H2,18,19,20)/t6-,8?,9+,11-/m1/s1. The lowest BCUT2D eigenvalue weighted by atomic mass is 10.1. The van der Waals surface area contributed by atoms with E-state index < -0.39 is 54.6 Å². The Morgan fingerprint density at radius 2 is 1.71 bits per heavy atom. The third-order valence-corrected chi connectivity index (χ3v) is 7.77. The molecule has 0 spiro atoms. The van der Waals surface area contributed by atoms with Crippen LogP contribution >= 0.6 is 23.5 Å². The predicted octanol–water partition coefficient (Wildman–Crippen LogP) is -0.903. The number of aliphatic hydroxyl groups is 2. The lowest BCUT2D eigenvalue weighted by Gasteiger charge is -2.19. The van der Waals surface area contributed by atoms with Gasteiger partial charge in [0, 0.05) is 0 Å².